The van der Waals surface area contributed by atoms with Gasteiger partial charge in [0.25, 0.3) is 10.0 Å². The summed E-state index contributed by atoms with van der Waals surface area (Å²) in [5.74, 6) is -0.611. The molecule has 1 fully saturated rings. The Labute approximate surface area is 165 Å². The maximum absolute atomic E-state index is 14.0. The van der Waals surface area contributed by atoms with Crippen molar-refractivity contribution in [2.24, 2.45) is 0 Å². The standard InChI is InChI=1S/C19H23BFNO5S/c1-18(2)19(3,4)27-20(26-18)13-6-8-14(9-7-13)22-28(23,24)17-12-15(25-5)10-11-16(17)21/h6-12,22H,1-5H3. The normalized spacial score (nSPS) is 18.1. The Balaban J connectivity index is 1.80. The average Bonchev–Trinajstić information content (AvgIpc) is 2.83. The monoisotopic (exact) mass is 407 g/mol. The van der Waals surface area contributed by atoms with Gasteiger partial charge < -0.3 is 14.0 Å². The van der Waals surface area contributed by atoms with E-state index in [2.05, 4.69) is 4.72 Å². The van der Waals surface area contributed by atoms with E-state index in [4.69, 9.17) is 14.0 Å². The van der Waals surface area contributed by atoms with E-state index in [-0.39, 0.29) is 5.75 Å². The van der Waals surface area contributed by atoms with Crippen LogP contribution in [0.3, 0.4) is 0 Å². The Morgan fingerprint density at radius 3 is 2.11 bits per heavy atom. The zero-order valence-electron chi connectivity index (χ0n) is 16.4. The SMILES string of the molecule is COc1ccc(F)c(S(=O)(=O)Nc2ccc(B3OC(C)(C)C(C)(C)O3)cc2)c1. The van der Waals surface area contributed by atoms with Gasteiger partial charge in [-0.25, -0.2) is 12.8 Å². The number of anilines is 1. The highest BCUT2D eigenvalue weighted by Gasteiger charge is 2.51. The molecule has 0 aliphatic carbocycles. The molecule has 0 atom stereocenters. The first-order valence-electron chi connectivity index (χ1n) is 8.77. The van der Waals surface area contributed by atoms with Gasteiger partial charge in [-0.2, -0.15) is 0 Å². The van der Waals surface area contributed by atoms with Crippen molar-refractivity contribution in [1.29, 1.82) is 0 Å². The molecule has 0 spiro atoms. The second kappa shape index (κ2) is 7.06. The summed E-state index contributed by atoms with van der Waals surface area (Å²) in [6, 6.07) is 10.1. The van der Waals surface area contributed by atoms with Crippen LogP contribution in [0.25, 0.3) is 0 Å². The molecule has 150 valence electrons. The van der Waals surface area contributed by atoms with E-state index in [1.165, 1.54) is 13.2 Å². The van der Waals surface area contributed by atoms with Gasteiger partial charge in [0.05, 0.1) is 18.3 Å². The van der Waals surface area contributed by atoms with Gasteiger partial charge >= 0.3 is 7.12 Å². The number of rotatable bonds is 5. The van der Waals surface area contributed by atoms with Gasteiger partial charge in [0, 0.05) is 11.8 Å². The predicted octanol–water partition coefficient (Wildman–Crippen LogP) is 2.93. The van der Waals surface area contributed by atoms with Gasteiger partial charge in [-0.15, -0.1) is 0 Å². The molecule has 2 aromatic rings. The molecule has 1 aliphatic rings. The van der Waals surface area contributed by atoms with Crippen molar-refractivity contribution in [3.8, 4) is 5.75 Å². The summed E-state index contributed by atoms with van der Waals surface area (Å²) in [5, 5.41) is 0. The predicted molar refractivity (Wildman–Crippen MR) is 106 cm³/mol. The zero-order valence-corrected chi connectivity index (χ0v) is 17.3. The molecule has 0 radical (unpaired) electrons. The van der Waals surface area contributed by atoms with Gasteiger partial charge in [0.2, 0.25) is 0 Å². The lowest BCUT2D eigenvalue weighted by Crippen LogP contribution is -2.41. The number of hydrogen-bond acceptors (Lipinski definition) is 5. The molecule has 0 bridgehead atoms. The van der Waals surface area contributed by atoms with E-state index in [0.29, 0.717) is 5.69 Å². The topological polar surface area (TPSA) is 73.9 Å². The van der Waals surface area contributed by atoms with Crippen LogP contribution in [0.2, 0.25) is 0 Å². The molecule has 2 aromatic carbocycles. The summed E-state index contributed by atoms with van der Waals surface area (Å²) in [7, 11) is -3.28. The van der Waals surface area contributed by atoms with Crippen molar-refractivity contribution in [3.63, 3.8) is 0 Å². The lowest BCUT2D eigenvalue weighted by Gasteiger charge is -2.32. The van der Waals surface area contributed by atoms with Crippen molar-refractivity contribution in [1.82, 2.24) is 0 Å². The Morgan fingerprint density at radius 1 is 1.00 bits per heavy atom. The number of benzene rings is 2. The van der Waals surface area contributed by atoms with Gasteiger partial charge in [0.15, 0.2) is 0 Å². The third-order valence-electron chi connectivity index (χ3n) is 5.12. The molecule has 1 saturated heterocycles. The molecular weight excluding hydrogens is 384 g/mol. The Morgan fingerprint density at radius 2 is 1.57 bits per heavy atom. The van der Waals surface area contributed by atoms with Crippen LogP contribution in [0, 0.1) is 5.82 Å². The molecule has 0 amide bonds. The minimum atomic E-state index is -4.11. The summed E-state index contributed by atoms with van der Waals surface area (Å²) in [5.41, 5.74) is 0.112. The third kappa shape index (κ3) is 3.87. The molecule has 9 heteroatoms. The Kier molecular flexibility index (Phi) is 5.20. The molecule has 1 N–H and O–H groups in total. The van der Waals surface area contributed by atoms with Crippen LogP contribution in [0.5, 0.6) is 5.75 Å². The molecule has 3 rings (SSSR count). The lowest BCUT2D eigenvalue weighted by atomic mass is 9.79. The van der Waals surface area contributed by atoms with Crippen LogP contribution in [0.15, 0.2) is 47.4 Å². The summed E-state index contributed by atoms with van der Waals surface area (Å²) in [6.07, 6.45) is 0. The van der Waals surface area contributed by atoms with Gasteiger partial charge in [-0.1, -0.05) is 12.1 Å². The largest absolute Gasteiger partial charge is 0.497 e. The number of sulfonamides is 1. The van der Waals surface area contributed by atoms with Gasteiger partial charge in [0.1, 0.15) is 16.5 Å². The zero-order chi connectivity index (χ0) is 20.7. The van der Waals surface area contributed by atoms with Gasteiger partial charge in [-0.05, 0) is 57.4 Å². The highest BCUT2D eigenvalue weighted by Crippen LogP contribution is 2.36. The quantitative estimate of drug-likeness (QED) is 0.772. The van der Waals surface area contributed by atoms with Crippen molar-refractivity contribution < 1.29 is 26.9 Å². The minimum Gasteiger partial charge on any atom is -0.497 e. The van der Waals surface area contributed by atoms with Crippen LogP contribution in [-0.2, 0) is 19.3 Å². The second-order valence-electron chi connectivity index (χ2n) is 7.61. The van der Waals surface area contributed by atoms with Crippen LogP contribution in [0.4, 0.5) is 10.1 Å². The van der Waals surface area contributed by atoms with Crippen molar-refractivity contribution in [2.75, 3.05) is 11.8 Å². The van der Waals surface area contributed by atoms with E-state index in [9.17, 15) is 12.8 Å². The Hall–Kier alpha value is -2.10. The average molecular weight is 407 g/mol. The fourth-order valence-corrected chi connectivity index (χ4v) is 3.87. The molecule has 6 nitrogen and oxygen atoms in total. The number of hydrogen-bond donors (Lipinski definition) is 1. The first kappa shape index (κ1) is 20.6. The van der Waals surface area contributed by atoms with E-state index in [1.54, 1.807) is 24.3 Å². The minimum absolute atomic E-state index is 0.248. The maximum atomic E-state index is 14.0. The van der Waals surface area contributed by atoms with Crippen molar-refractivity contribution in [2.45, 2.75) is 43.8 Å². The van der Waals surface area contributed by atoms with E-state index < -0.39 is 39.1 Å². The molecule has 1 aliphatic heterocycles. The van der Waals surface area contributed by atoms with Crippen LogP contribution >= 0.6 is 0 Å². The first-order valence-corrected chi connectivity index (χ1v) is 10.3. The molecule has 0 unspecified atom stereocenters. The summed E-state index contributed by atoms with van der Waals surface area (Å²) >= 11 is 0. The molecule has 0 aromatic heterocycles. The fourth-order valence-electron chi connectivity index (χ4n) is 2.71. The van der Waals surface area contributed by atoms with E-state index in [0.717, 1.165) is 17.6 Å². The highest BCUT2D eigenvalue weighted by molar-refractivity contribution is 7.92. The number of ether oxygens (including phenoxy) is 1. The third-order valence-corrected chi connectivity index (χ3v) is 6.51. The first-order chi connectivity index (χ1) is 12.9. The van der Waals surface area contributed by atoms with Crippen LogP contribution in [-0.4, -0.2) is 33.8 Å². The smallest absolute Gasteiger partial charge is 0.494 e. The lowest BCUT2D eigenvalue weighted by molar-refractivity contribution is 0.00578. The second-order valence-corrected chi connectivity index (χ2v) is 9.26. The number of methoxy groups -OCH3 is 1. The Bertz CT molecular complexity index is 960. The van der Waals surface area contributed by atoms with Crippen molar-refractivity contribution >= 4 is 28.3 Å². The summed E-state index contributed by atoms with van der Waals surface area (Å²) in [6.45, 7) is 7.83. The number of nitrogens with one attached hydrogen (secondary N) is 1. The number of halogens is 1. The highest BCUT2D eigenvalue weighted by atomic mass is 32.2. The molecule has 28 heavy (non-hydrogen) atoms. The van der Waals surface area contributed by atoms with E-state index in [1.807, 2.05) is 27.7 Å². The van der Waals surface area contributed by atoms with Crippen molar-refractivity contribution in [3.05, 3.63) is 48.3 Å². The molecule has 1 heterocycles. The van der Waals surface area contributed by atoms with E-state index >= 15 is 0 Å². The summed E-state index contributed by atoms with van der Waals surface area (Å²) in [4.78, 5) is -0.484. The fraction of sp³-hybridized carbons (Fsp3) is 0.368. The maximum Gasteiger partial charge on any atom is 0.494 e. The molecular formula is C19H23BFNO5S. The van der Waals surface area contributed by atoms with Gasteiger partial charge in [-0.3, -0.25) is 4.72 Å². The molecule has 0 saturated carbocycles. The van der Waals surface area contributed by atoms with Crippen LogP contribution in [0.1, 0.15) is 27.7 Å². The van der Waals surface area contributed by atoms with Crippen LogP contribution < -0.4 is 14.9 Å². The summed E-state index contributed by atoms with van der Waals surface area (Å²) < 4.78 is 58.4.